The fraction of sp³-hybridized carbons (Fsp3) is 0.700. The van der Waals surface area contributed by atoms with Crippen LogP contribution in [0.3, 0.4) is 0 Å². The van der Waals surface area contributed by atoms with E-state index in [1.54, 1.807) is 0 Å². The fourth-order valence-electron chi connectivity index (χ4n) is 2.90. The molecule has 0 fully saturated rings. The molecule has 1 nitrogen and oxygen atoms in total. The number of hydrogen-bond acceptors (Lipinski definition) is 1. The quantitative estimate of drug-likeness (QED) is 0.440. The molecular weight excluding hydrogens is 256 g/mol. The molecule has 1 heteroatoms. The summed E-state index contributed by atoms with van der Waals surface area (Å²) in [4.78, 5) is 0. The number of phenols is 1. The zero-order chi connectivity index (χ0) is 15.3. The number of hydrogen-bond donors (Lipinski definition) is 1. The van der Waals surface area contributed by atoms with E-state index in [9.17, 15) is 5.11 Å². The Hall–Kier alpha value is -0.980. The smallest absolute Gasteiger partial charge is 0.118 e. The summed E-state index contributed by atoms with van der Waals surface area (Å²) in [5.41, 5.74) is 2.50. The summed E-state index contributed by atoms with van der Waals surface area (Å²) in [6.07, 6.45) is 15.7. The van der Waals surface area contributed by atoms with Gasteiger partial charge in [0.2, 0.25) is 0 Å². The number of rotatable bonds is 12. The van der Waals surface area contributed by atoms with Crippen LogP contribution in [0, 0.1) is 0 Å². The maximum absolute atomic E-state index is 9.80. The third-order valence-corrected chi connectivity index (χ3v) is 4.23. The van der Waals surface area contributed by atoms with Crippen LogP contribution >= 0.6 is 0 Å². The van der Waals surface area contributed by atoms with E-state index in [2.05, 4.69) is 26.0 Å². The molecule has 0 bridgehead atoms. The minimum Gasteiger partial charge on any atom is -0.508 e. The predicted octanol–water partition coefficient (Wildman–Crippen LogP) is 6.42. The van der Waals surface area contributed by atoms with Crippen molar-refractivity contribution in [2.75, 3.05) is 0 Å². The molecule has 0 saturated carbocycles. The van der Waals surface area contributed by atoms with Gasteiger partial charge in [-0.1, -0.05) is 83.8 Å². The number of phenolic OH excluding ortho intramolecular Hbond substituents is 1. The van der Waals surface area contributed by atoms with Gasteiger partial charge in [0.1, 0.15) is 5.75 Å². The van der Waals surface area contributed by atoms with Crippen LogP contribution in [-0.4, -0.2) is 5.11 Å². The van der Waals surface area contributed by atoms with Crippen LogP contribution in [0.15, 0.2) is 18.2 Å². The van der Waals surface area contributed by atoms with Crippen molar-refractivity contribution in [1.29, 1.82) is 0 Å². The first-order chi connectivity index (χ1) is 10.3. The van der Waals surface area contributed by atoms with Crippen LogP contribution in [0.1, 0.15) is 89.2 Å². The molecule has 0 atom stereocenters. The fourth-order valence-corrected chi connectivity index (χ4v) is 2.90. The topological polar surface area (TPSA) is 20.2 Å². The van der Waals surface area contributed by atoms with Crippen molar-refractivity contribution in [2.45, 2.75) is 90.9 Å². The van der Waals surface area contributed by atoms with Crippen molar-refractivity contribution < 1.29 is 5.11 Å². The Morgan fingerprint density at radius 2 is 1.33 bits per heavy atom. The van der Waals surface area contributed by atoms with Crippen molar-refractivity contribution in [3.05, 3.63) is 29.3 Å². The van der Waals surface area contributed by atoms with E-state index in [-0.39, 0.29) is 0 Å². The van der Waals surface area contributed by atoms with Gasteiger partial charge in [-0.25, -0.2) is 0 Å². The van der Waals surface area contributed by atoms with E-state index >= 15 is 0 Å². The number of aromatic hydroxyl groups is 1. The molecule has 21 heavy (non-hydrogen) atoms. The molecule has 0 unspecified atom stereocenters. The summed E-state index contributed by atoms with van der Waals surface area (Å²) in [6, 6.07) is 6.15. The predicted molar refractivity (Wildman–Crippen MR) is 93.0 cm³/mol. The molecule has 0 aliphatic rings. The molecule has 0 radical (unpaired) electrons. The summed E-state index contributed by atoms with van der Waals surface area (Å²) in [6.45, 7) is 4.43. The first-order valence-electron chi connectivity index (χ1n) is 9.08. The Balaban J connectivity index is 2.11. The van der Waals surface area contributed by atoms with E-state index in [4.69, 9.17) is 0 Å². The molecule has 1 aromatic carbocycles. The van der Waals surface area contributed by atoms with Gasteiger partial charge in [0.25, 0.3) is 0 Å². The van der Waals surface area contributed by atoms with Gasteiger partial charge in [-0.05, 0) is 36.5 Å². The lowest BCUT2D eigenvalue weighted by molar-refractivity contribution is 0.467. The van der Waals surface area contributed by atoms with Crippen molar-refractivity contribution in [3.63, 3.8) is 0 Å². The summed E-state index contributed by atoms with van der Waals surface area (Å²) in [5.74, 6) is 0.465. The maximum Gasteiger partial charge on any atom is 0.118 e. The van der Waals surface area contributed by atoms with Crippen molar-refractivity contribution in [2.24, 2.45) is 0 Å². The second-order valence-corrected chi connectivity index (χ2v) is 6.29. The van der Waals surface area contributed by atoms with Crippen LogP contribution in [0.2, 0.25) is 0 Å². The lowest BCUT2D eigenvalue weighted by Gasteiger charge is -2.07. The second-order valence-electron chi connectivity index (χ2n) is 6.29. The molecule has 0 spiro atoms. The van der Waals surface area contributed by atoms with Crippen LogP contribution in [-0.2, 0) is 12.8 Å². The van der Waals surface area contributed by atoms with E-state index in [0.29, 0.717) is 5.75 Å². The largest absolute Gasteiger partial charge is 0.508 e. The molecule has 1 rings (SSSR count). The van der Waals surface area contributed by atoms with Gasteiger partial charge in [0.15, 0.2) is 0 Å². The highest BCUT2D eigenvalue weighted by Gasteiger charge is 2.02. The van der Waals surface area contributed by atoms with Crippen molar-refractivity contribution >= 4 is 0 Å². The third kappa shape index (κ3) is 8.14. The Morgan fingerprint density at radius 3 is 1.95 bits per heavy atom. The summed E-state index contributed by atoms with van der Waals surface area (Å²) >= 11 is 0. The SMILES string of the molecule is CCCCCCCCCCCc1ccc(O)c(CCC)c1. The highest BCUT2D eigenvalue weighted by Crippen LogP contribution is 2.21. The number of unbranched alkanes of at least 4 members (excludes halogenated alkanes) is 8. The summed E-state index contributed by atoms with van der Waals surface area (Å²) < 4.78 is 0. The number of aryl methyl sites for hydroxylation is 2. The monoisotopic (exact) mass is 290 g/mol. The summed E-state index contributed by atoms with van der Waals surface area (Å²) in [7, 11) is 0. The van der Waals surface area contributed by atoms with Crippen molar-refractivity contribution in [3.8, 4) is 5.75 Å². The molecule has 0 aliphatic carbocycles. The van der Waals surface area contributed by atoms with Crippen LogP contribution in [0.25, 0.3) is 0 Å². The molecule has 0 aliphatic heterocycles. The lowest BCUT2D eigenvalue weighted by atomic mass is 10.0. The number of benzene rings is 1. The molecular formula is C20H34O. The van der Waals surface area contributed by atoms with E-state index < -0.39 is 0 Å². The van der Waals surface area contributed by atoms with Gasteiger partial charge in [-0.3, -0.25) is 0 Å². The van der Waals surface area contributed by atoms with Crippen molar-refractivity contribution in [1.82, 2.24) is 0 Å². The third-order valence-electron chi connectivity index (χ3n) is 4.23. The van der Waals surface area contributed by atoms with E-state index in [0.717, 1.165) is 24.8 Å². The molecule has 1 N–H and O–H groups in total. The molecule has 0 aromatic heterocycles. The average molecular weight is 290 g/mol. The Labute approximate surface area is 131 Å². The minimum absolute atomic E-state index is 0.465. The lowest BCUT2D eigenvalue weighted by Crippen LogP contribution is -1.91. The first-order valence-corrected chi connectivity index (χ1v) is 9.08. The van der Waals surface area contributed by atoms with Gasteiger partial charge >= 0.3 is 0 Å². The highest BCUT2D eigenvalue weighted by molar-refractivity contribution is 5.36. The minimum atomic E-state index is 0.465. The Kier molecular flexibility index (Phi) is 10.0. The molecule has 0 amide bonds. The zero-order valence-corrected chi connectivity index (χ0v) is 14.2. The average Bonchev–Trinajstić information content (AvgIpc) is 2.49. The van der Waals surface area contributed by atoms with Gasteiger partial charge < -0.3 is 5.11 Å². The molecule has 0 saturated heterocycles. The zero-order valence-electron chi connectivity index (χ0n) is 14.2. The van der Waals surface area contributed by atoms with Crippen LogP contribution in [0.5, 0.6) is 5.75 Å². The van der Waals surface area contributed by atoms with Crippen LogP contribution < -0.4 is 0 Å². The van der Waals surface area contributed by atoms with E-state index in [1.165, 1.54) is 63.4 Å². The molecule has 120 valence electrons. The van der Waals surface area contributed by atoms with Crippen LogP contribution in [0.4, 0.5) is 0 Å². The second kappa shape index (κ2) is 11.7. The van der Waals surface area contributed by atoms with Gasteiger partial charge in [-0.2, -0.15) is 0 Å². The standard InChI is InChI=1S/C20H34O/c1-3-5-6-7-8-9-10-11-12-14-18-15-16-20(21)19(17-18)13-4-2/h15-17,21H,3-14H2,1-2H3. The van der Waals surface area contributed by atoms with Gasteiger partial charge in [-0.15, -0.1) is 0 Å². The first kappa shape index (κ1) is 18.1. The molecule has 1 aromatic rings. The molecule has 0 heterocycles. The van der Waals surface area contributed by atoms with E-state index in [1.807, 2.05) is 6.07 Å². The highest BCUT2D eigenvalue weighted by atomic mass is 16.3. The Morgan fingerprint density at radius 1 is 0.714 bits per heavy atom. The summed E-state index contributed by atoms with van der Waals surface area (Å²) in [5, 5.41) is 9.80. The van der Waals surface area contributed by atoms with Gasteiger partial charge in [0.05, 0.1) is 0 Å². The van der Waals surface area contributed by atoms with Gasteiger partial charge in [0, 0.05) is 0 Å². The Bertz CT molecular complexity index is 370. The normalized spacial score (nSPS) is 11.0. The maximum atomic E-state index is 9.80.